The summed E-state index contributed by atoms with van der Waals surface area (Å²) in [4.78, 5) is 61.6. The molecular formula is C22H20N4O7. The molecule has 11 heteroatoms. The van der Waals surface area contributed by atoms with Crippen LogP contribution in [0.1, 0.15) is 41.6 Å². The fourth-order valence-corrected chi connectivity index (χ4v) is 4.55. The summed E-state index contributed by atoms with van der Waals surface area (Å²) in [5.41, 5.74) is -1.03. The number of para-hydroxylation sites is 2. The van der Waals surface area contributed by atoms with Crippen molar-refractivity contribution in [2.24, 2.45) is 11.8 Å². The van der Waals surface area contributed by atoms with E-state index >= 15 is 0 Å². The van der Waals surface area contributed by atoms with Crippen molar-refractivity contribution in [2.75, 3.05) is 0 Å². The van der Waals surface area contributed by atoms with Gasteiger partial charge in [0, 0.05) is 12.1 Å². The number of hydrogen-bond donors (Lipinski definition) is 0. The maximum Gasteiger partial charge on any atom is 0.282 e. The molecule has 170 valence electrons. The molecule has 0 spiro atoms. The fourth-order valence-electron chi connectivity index (χ4n) is 4.55. The van der Waals surface area contributed by atoms with Gasteiger partial charge >= 0.3 is 0 Å². The van der Waals surface area contributed by atoms with Crippen molar-refractivity contribution in [1.82, 2.24) is 10.0 Å². The van der Waals surface area contributed by atoms with Gasteiger partial charge in [0.1, 0.15) is 5.56 Å². The van der Waals surface area contributed by atoms with E-state index in [9.17, 15) is 34.6 Å². The molecule has 2 aromatic carbocycles. The summed E-state index contributed by atoms with van der Waals surface area (Å²) in [7, 11) is 0. The van der Waals surface area contributed by atoms with Gasteiger partial charge in [0.15, 0.2) is 0 Å². The number of benzene rings is 2. The van der Waals surface area contributed by atoms with Crippen molar-refractivity contribution in [3.8, 4) is 0 Å². The van der Waals surface area contributed by atoms with E-state index in [-0.39, 0.29) is 16.8 Å². The number of rotatable bonds is 6. The standard InChI is InChI=1S/C22H20N4O7/c27-20(17-10-4-6-12-19(17)26(32)33)23(13-14-7-1-5-11-18(14)25(30)31)24-21(28)15-8-2-3-9-16(15)22(24)29/h1,4-7,10-12,15-16H,2-3,8-9,13H2/t15-,16-/m1/s1. The maximum absolute atomic E-state index is 13.5. The molecule has 0 radical (unpaired) electrons. The van der Waals surface area contributed by atoms with Crippen molar-refractivity contribution in [3.63, 3.8) is 0 Å². The first-order chi connectivity index (χ1) is 15.8. The Morgan fingerprint density at radius 1 is 0.879 bits per heavy atom. The third kappa shape index (κ3) is 3.93. The largest absolute Gasteiger partial charge is 0.282 e. The lowest BCUT2D eigenvalue weighted by molar-refractivity contribution is -0.385. The molecule has 1 aliphatic carbocycles. The Morgan fingerprint density at radius 3 is 1.97 bits per heavy atom. The minimum atomic E-state index is -0.958. The molecule has 2 atom stereocenters. The number of imide groups is 1. The van der Waals surface area contributed by atoms with Gasteiger partial charge in [-0.2, -0.15) is 5.01 Å². The highest BCUT2D eigenvalue weighted by atomic mass is 16.6. The van der Waals surface area contributed by atoms with Crippen LogP contribution in [-0.4, -0.2) is 37.6 Å². The molecule has 4 rings (SSSR count). The van der Waals surface area contributed by atoms with Gasteiger partial charge in [-0.1, -0.05) is 43.2 Å². The Morgan fingerprint density at radius 2 is 1.39 bits per heavy atom. The molecule has 33 heavy (non-hydrogen) atoms. The number of hydrogen-bond acceptors (Lipinski definition) is 7. The number of nitro benzene ring substituents is 2. The molecule has 2 aromatic rings. The minimum Gasteiger partial charge on any atom is -0.272 e. The zero-order valence-electron chi connectivity index (χ0n) is 17.5. The Labute approximate surface area is 187 Å². The van der Waals surface area contributed by atoms with Crippen LogP contribution in [0.15, 0.2) is 48.5 Å². The first-order valence-electron chi connectivity index (χ1n) is 10.5. The summed E-state index contributed by atoms with van der Waals surface area (Å²) in [5.74, 6) is -3.22. The van der Waals surface area contributed by atoms with E-state index < -0.39 is 51.6 Å². The second kappa shape index (κ2) is 8.77. The minimum absolute atomic E-state index is 0.0879. The van der Waals surface area contributed by atoms with Crippen LogP contribution < -0.4 is 0 Å². The number of hydrazine groups is 1. The van der Waals surface area contributed by atoms with Crippen LogP contribution >= 0.6 is 0 Å². The number of fused-ring (bicyclic) bond motifs is 1. The number of nitrogens with zero attached hydrogens (tertiary/aromatic N) is 4. The SMILES string of the molecule is O=C(c1ccccc1[N+](=O)[O-])N(Cc1ccccc1[N+](=O)[O-])N1C(=O)[C@@H]2CCCC[C@H]2C1=O. The van der Waals surface area contributed by atoms with Gasteiger partial charge in [0.2, 0.25) is 0 Å². The van der Waals surface area contributed by atoms with E-state index in [1.165, 1.54) is 42.5 Å². The summed E-state index contributed by atoms with van der Waals surface area (Å²) >= 11 is 0. The van der Waals surface area contributed by atoms with Crippen LogP contribution in [0.5, 0.6) is 0 Å². The molecule has 2 fully saturated rings. The summed E-state index contributed by atoms with van der Waals surface area (Å²) in [6.45, 7) is -0.473. The molecule has 1 heterocycles. The van der Waals surface area contributed by atoms with Gasteiger partial charge in [-0.25, -0.2) is 5.01 Å². The van der Waals surface area contributed by atoms with Gasteiger partial charge in [0.05, 0.1) is 33.8 Å². The van der Waals surface area contributed by atoms with Crippen LogP contribution in [0.4, 0.5) is 11.4 Å². The number of carbonyl (C=O) groups excluding carboxylic acids is 3. The predicted octanol–water partition coefficient (Wildman–Crippen LogP) is 3.24. The molecule has 11 nitrogen and oxygen atoms in total. The summed E-state index contributed by atoms with van der Waals surface area (Å²) in [6.07, 6.45) is 2.56. The quantitative estimate of drug-likeness (QED) is 0.372. The second-order valence-corrected chi connectivity index (χ2v) is 8.01. The highest BCUT2D eigenvalue weighted by Crippen LogP contribution is 2.39. The molecule has 0 bridgehead atoms. The Balaban J connectivity index is 1.81. The number of amides is 3. The average Bonchev–Trinajstić information content (AvgIpc) is 3.07. The van der Waals surface area contributed by atoms with E-state index in [0.29, 0.717) is 12.8 Å². The molecule has 2 aliphatic rings. The van der Waals surface area contributed by atoms with Crippen molar-refractivity contribution in [2.45, 2.75) is 32.2 Å². The fraction of sp³-hybridized carbons (Fsp3) is 0.318. The molecule has 0 aromatic heterocycles. The molecule has 1 saturated heterocycles. The van der Waals surface area contributed by atoms with E-state index in [2.05, 4.69) is 0 Å². The predicted molar refractivity (Wildman–Crippen MR) is 113 cm³/mol. The van der Waals surface area contributed by atoms with E-state index in [0.717, 1.165) is 28.9 Å². The van der Waals surface area contributed by atoms with Crippen molar-refractivity contribution >= 4 is 29.1 Å². The summed E-state index contributed by atoms with van der Waals surface area (Å²) in [5, 5.41) is 24.6. The molecule has 3 amide bonds. The smallest absolute Gasteiger partial charge is 0.272 e. The van der Waals surface area contributed by atoms with Crippen LogP contribution in [-0.2, 0) is 16.1 Å². The average molecular weight is 452 g/mol. The van der Waals surface area contributed by atoms with Gasteiger partial charge in [0.25, 0.3) is 29.1 Å². The van der Waals surface area contributed by atoms with Crippen LogP contribution in [0.2, 0.25) is 0 Å². The summed E-state index contributed by atoms with van der Waals surface area (Å²) in [6, 6.07) is 10.8. The molecular weight excluding hydrogens is 432 g/mol. The highest BCUT2D eigenvalue weighted by molar-refractivity contribution is 6.08. The maximum atomic E-state index is 13.5. The lowest BCUT2D eigenvalue weighted by Gasteiger charge is -2.30. The first kappa shape index (κ1) is 22.1. The lowest BCUT2D eigenvalue weighted by Crippen LogP contribution is -2.50. The van der Waals surface area contributed by atoms with Gasteiger partial charge < -0.3 is 0 Å². The zero-order valence-corrected chi connectivity index (χ0v) is 17.5. The Bertz CT molecular complexity index is 1140. The molecule has 0 N–H and O–H groups in total. The first-order valence-corrected chi connectivity index (χ1v) is 10.5. The van der Waals surface area contributed by atoms with E-state index in [1.54, 1.807) is 0 Å². The molecule has 0 unspecified atom stereocenters. The lowest BCUT2D eigenvalue weighted by atomic mass is 9.81. The molecule has 1 saturated carbocycles. The number of nitro groups is 2. The number of carbonyl (C=O) groups is 3. The third-order valence-electron chi connectivity index (χ3n) is 6.13. The van der Waals surface area contributed by atoms with Crippen molar-refractivity contribution in [3.05, 3.63) is 79.9 Å². The molecule has 1 aliphatic heterocycles. The van der Waals surface area contributed by atoms with Gasteiger partial charge in [-0.15, -0.1) is 0 Å². The van der Waals surface area contributed by atoms with Crippen molar-refractivity contribution < 1.29 is 24.2 Å². The normalized spacial score (nSPS) is 19.8. The van der Waals surface area contributed by atoms with E-state index in [4.69, 9.17) is 0 Å². The van der Waals surface area contributed by atoms with E-state index in [1.807, 2.05) is 0 Å². The second-order valence-electron chi connectivity index (χ2n) is 8.01. The Kier molecular flexibility index (Phi) is 5.86. The van der Waals surface area contributed by atoms with Gasteiger partial charge in [-0.3, -0.25) is 34.6 Å². The van der Waals surface area contributed by atoms with Crippen molar-refractivity contribution in [1.29, 1.82) is 0 Å². The Hall–Kier alpha value is -4.15. The monoisotopic (exact) mass is 452 g/mol. The van der Waals surface area contributed by atoms with Crippen LogP contribution in [0.25, 0.3) is 0 Å². The topological polar surface area (TPSA) is 144 Å². The van der Waals surface area contributed by atoms with Crippen LogP contribution in [0.3, 0.4) is 0 Å². The third-order valence-corrected chi connectivity index (χ3v) is 6.13. The van der Waals surface area contributed by atoms with Crippen LogP contribution in [0, 0.1) is 32.1 Å². The summed E-state index contributed by atoms with van der Waals surface area (Å²) < 4.78 is 0. The zero-order chi connectivity index (χ0) is 23.7. The highest BCUT2D eigenvalue weighted by Gasteiger charge is 2.52. The van der Waals surface area contributed by atoms with Gasteiger partial charge in [-0.05, 0) is 18.9 Å².